The fourth-order valence-corrected chi connectivity index (χ4v) is 4.02. The first-order valence-corrected chi connectivity index (χ1v) is 11.3. The summed E-state index contributed by atoms with van der Waals surface area (Å²) in [6.07, 6.45) is -0.357. The first kappa shape index (κ1) is 22.8. The van der Waals surface area contributed by atoms with Crippen LogP contribution in [-0.2, 0) is 22.6 Å². The first-order valence-electron chi connectivity index (χ1n) is 11.3. The molecule has 2 aliphatic rings. The van der Waals surface area contributed by atoms with E-state index in [0.717, 1.165) is 22.5 Å². The Kier molecular flexibility index (Phi) is 6.93. The van der Waals surface area contributed by atoms with Crippen molar-refractivity contribution in [3.63, 3.8) is 0 Å². The Balaban J connectivity index is 0.00000216. The van der Waals surface area contributed by atoms with Gasteiger partial charge in [0.2, 0.25) is 5.95 Å². The second-order valence-corrected chi connectivity index (χ2v) is 8.03. The number of morpholine rings is 1. The van der Waals surface area contributed by atoms with E-state index in [-0.39, 0.29) is 21.0 Å². The van der Waals surface area contributed by atoms with E-state index in [1.165, 1.54) is 0 Å². The lowest BCUT2D eigenvalue weighted by Crippen LogP contribution is -2.44. The summed E-state index contributed by atoms with van der Waals surface area (Å²) in [6, 6.07) is 7.42. The molecule has 180 valence electrons. The summed E-state index contributed by atoms with van der Waals surface area (Å²) >= 11 is 0. The minimum absolute atomic E-state index is 0. The van der Waals surface area contributed by atoms with Gasteiger partial charge < -0.3 is 25.0 Å². The summed E-state index contributed by atoms with van der Waals surface area (Å²) in [5, 5.41) is 5.52. The van der Waals surface area contributed by atoms with Crippen LogP contribution in [-0.4, -0.2) is 65.9 Å². The number of nitrogens with one attached hydrogen (secondary N) is 2. The summed E-state index contributed by atoms with van der Waals surface area (Å²) in [5.41, 5.74) is 4.10. The van der Waals surface area contributed by atoms with Gasteiger partial charge in [-0.1, -0.05) is 12.1 Å². The fourth-order valence-electron chi connectivity index (χ4n) is 4.02. The number of hydrogen-bond acceptors (Lipinski definition) is 7. The molecule has 0 bridgehead atoms. The number of urea groups is 1. The molecule has 2 aromatic rings. The maximum atomic E-state index is 12.4. The molecule has 4 rings (SSSR count). The van der Waals surface area contributed by atoms with Gasteiger partial charge in [-0.15, -0.1) is 0 Å². The number of carbonyl (C=O) groups is 2. The maximum absolute atomic E-state index is 12.4. The number of amides is 3. The van der Waals surface area contributed by atoms with Crippen LogP contribution in [0.25, 0.3) is 11.3 Å². The number of rotatable bonds is 5. The highest BCUT2D eigenvalue weighted by molar-refractivity contribution is 5.89. The molecule has 0 spiro atoms. The maximum Gasteiger partial charge on any atom is 0.410 e. The Hall–Kier alpha value is -3.40. The fraction of sp³-hybridized carbons (Fsp3) is 0.478. The van der Waals surface area contributed by atoms with Gasteiger partial charge >= 0.3 is 12.1 Å². The van der Waals surface area contributed by atoms with Gasteiger partial charge in [0.25, 0.3) is 0 Å². The number of carbonyl (C=O) groups excluding carboxylic acids is 2. The normalized spacial score (nSPS) is 17.5. The van der Waals surface area contributed by atoms with Crippen molar-refractivity contribution in [3.8, 4) is 11.3 Å². The van der Waals surface area contributed by atoms with Gasteiger partial charge in [-0.05, 0) is 32.9 Å². The Morgan fingerprint density at radius 2 is 2.00 bits per heavy atom. The lowest BCUT2D eigenvalue weighted by Gasteiger charge is -2.33. The van der Waals surface area contributed by atoms with Crippen molar-refractivity contribution in [1.82, 2.24) is 20.2 Å². The quantitative estimate of drug-likeness (QED) is 0.706. The standard InChI is InChI=1S/C23H30N6O4.2H2/c1-4-24-22(30)25-17-8-6-16(7-9-17)20-18-12-28(23(31)33-5-2)13-19(18)26-21(27-20)29-10-11-32-14-15(29)3;;/h6-9,15H,4-5,10-14H2,1-3H3,(H2,24,25,30);2*1H/t15-;;/m0../s1. The molecule has 0 unspecified atom stereocenters. The van der Waals surface area contributed by atoms with Crippen LogP contribution in [0.15, 0.2) is 24.3 Å². The topological polar surface area (TPSA) is 109 Å². The van der Waals surface area contributed by atoms with Crippen LogP contribution in [0.4, 0.5) is 21.2 Å². The highest BCUT2D eigenvalue weighted by atomic mass is 16.6. The van der Waals surface area contributed by atoms with Crippen LogP contribution in [0.5, 0.6) is 0 Å². The summed E-state index contributed by atoms with van der Waals surface area (Å²) in [5.74, 6) is 0.634. The van der Waals surface area contributed by atoms with Gasteiger partial charge in [-0.3, -0.25) is 4.90 Å². The number of anilines is 2. The third-order valence-corrected chi connectivity index (χ3v) is 5.67. The van der Waals surface area contributed by atoms with Crippen molar-refractivity contribution in [2.24, 2.45) is 0 Å². The minimum atomic E-state index is -0.357. The van der Waals surface area contributed by atoms with Gasteiger partial charge in [0.15, 0.2) is 0 Å². The third kappa shape index (κ3) is 5.00. The lowest BCUT2D eigenvalue weighted by atomic mass is 10.1. The molecule has 0 radical (unpaired) electrons. The highest BCUT2D eigenvalue weighted by Crippen LogP contribution is 2.33. The largest absolute Gasteiger partial charge is 0.450 e. The van der Waals surface area contributed by atoms with E-state index in [4.69, 9.17) is 19.4 Å². The van der Waals surface area contributed by atoms with Crippen LogP contribution < -0.4 is 15.5 Å². The summed E-state index contributed by atoms with van der Waals surface area (Å²) in [7, 11) is 0. The molecule has 2 N–H and O–H groups in total. The molecule has 2 aliphatic heterocycles. The molecular formula is C23H34N6O4. The van der Waals surface area contributed by atoms with Crippen molar-refractivity contribution in [2.75, 3.05) is 43.1 Å². The van der Waals surface area contributed by atoms with E-state index in [9.17, 15) is 9.59 Å². The van der Waals surface area contributed by atoms with Crippen molar-refractivity contribution < 1.29 is 21.9 Å². The van der Waals surface area contributed by atoms with Gasteiger partial charge in [-0.2, -0.15) is 0 Å². The Bertz CT molecular complexity index is 1020. The van der Waals surface area contributed by atoms with Crippen LogP contribution in [0.2, 0.25) is 0 Å². The average molecular weight is 459 g/mol. The molecule has 33 heavy (non-hydrogen) atoms. The predicted octanol–water partition coefficient (Wildman–Crippen LogP) is 3.47. The molecule has 1 aromatic heterocycles. The molecule has 3 amide bonds. The third-order valence-electron chi connectivity index (χ3n) is 5.67. The van der Waals surface area contributed by atoms with Gasteiger partial charge in [0, 0.05) is 32.8 Å². The van der Waals surface area contributed by atoms with E-state index < -0.39 is 0 Å². The van der Waals surface area contributed by atoms with Crippen molar-refractivity contribution >= 4 is 23.8 Å². The molecule has 1 saturated heterocycles. The number of ether oxygens (including phenoxy) is 2. The van der Waals surface area contributed by atoms with Gasteiger partial charge in [-0.25, -0.2) is 19.6 Å². The molecule has 3 heterocycles. The SMILES string of the molecule is CCNC(=O)Nc1ccc(-c2nc(N3CCOC[C@@H]3C)nc3c2CN(C(=O)OCC)C3)cc1.[HH].[HH]. The molecule has 1 fully saturated rings. The van der Waals surface area contributed by atoms with Gasteiger partial charge in [0.1, 0.15) is 0 Å². The summed E-state index contributed by atoms with van der Waals surface area (Å²) in [6.45, 7) is 9.33. The molecule has 0 saturated carbocycles. The number of aromatic nitrogens is 2. The highest BCUT2D eigenvalue weighted by Gasteiger charge is 2.31. The van der Waals surface area contributed by atoms with Crippen LogP contribution in [0.3, 0.4) is 0 Å². The van der Waals surface area contributed by atoms with E-state index >= 15 is 0 Å². The number of fused-ring (bicyclic) bond motifs is 1. The number of benzene rings is 1. The summed E-state index contributed by atoms with van der Waals surface area (Å²) < 4.78 is 10.8. The summed E-state index contributed by atoms with van der Waals surface area (Å²) in [4.78, 5) is 37.7. The van der Waals surface area contributed by atoms with Crippen molar-refractivity contribution in [2.45, 2.75) is 39.9 Å². The monoisotopic (exact) mass is 458 g/mol. The van der Waals surface area contributed by atoms with Crippen molar-refractivity contribution in [3.05, 3.63) is 35.5 Å². The van der Waals surface area contributed by atoms with E-state index in [2.05, 4.69) is 22.5 Å². The zero-order valence-corrected chi connectivity index (χ0v) is 19.3. The molecular weight excluding hydrogens is 424 g/mol. The van der Waals surface area contributed by atoms with Crippen LogP contribution in [0, 0.1) is 0 Å². The number of hydrogen-bond donors (Lipinski definition) is 2. The van der Waals surface area contributed by atoms with E-state index in [0.29, 0.717) is 57.6 Å². The molecule has 10 heteroatoms. The minimum Gasteiger partial charge on any atom is -0.450 e. The van der Waals surface area contributed by atoms with Crippen molar-refractivity contribution in [1.29, 1.82) is 0 Å². The Morgan fingerprint density at radius 3 is 2.70 bits per heavy atom. The van der Waals surface area contributed by atoms with E-state index in [1.54, 1.807) is 11.8 Å². The van der Waals surface area contributed by atoms with Gasteiger partial charge in [0.05, 0.1) is 50.3 Å². The first-order chi connectivity index (χ1) is 16.0. The number of nitrogens with zero attached hydrogens (tertiary/aromatic N) is 4. The zero-order chi connectivity index (χ0) is 23.4. The predicted molar refractivity (Wildman–Crippen MR) is 128 cm³/mol. The molecule has 1 aromatic carbocycles. The smallest absolute Gasteiger partial charge is 0.410 e. The molecule has 10 nitrogen and oxygen atoms in total. The average Bonchev–Trinajstić information content (AvgIpc) is 3.24. The second kappa shape index (κ2) is 10.0. The van der Waals surface area contributed by atoms with E-state index in [1.807, 2.05) is 31.2 Å². The lowest BCUT2D eigenvalue weighted by molar-refractivity contribution is 0.0980. The Morgan fingerprint density at radius 1 is 1.21 bits per heavy atom. The second-order valence-electron chi connectivity index (χ2n) is 8.03. The Labute approximate surface area is 196 Å². The molecule has 1 atom stereocenters. The zero-order valence-electron chi connectivity index (χ0n) is 19.3. The van der Waals surface area contributed by atoms with Crippen LogP contribution >= 0.6 is 0 Å². The molecule has 0 aliphatic carbocycles. The van der Waals surface area contributed by atoms with Crippen LogP contribution in [0.1, 0.15) is 34.9 Å².